The van der Waals surface area contributed by atoms with Crippen molar-refractivity contribution in [2.45, 2.75) is 31.8 Å². The smallest absolute Gasteiger partial charge is 0.283 e. The zero-order valence-electron chi connectivity index (χ0n) is 34.8. The summed E-state index contributed by atoms with van der Waals surface area (Å²) in [7, 11) is 0. The minimum Gasteiger partial charge on any atom is -0.462 e. The van der Waals surface area contributed by atoms with Crippen LogP contribution in [0.4, 0.5) is 0 Å². The molecule has 8 heterocycles. The van der Waals surface area contributed by atoms with Crippen LogP contribution in [0.5, 0.6) is 23.0 Å². The number of aliphatic imine (C=N–C) groups is 2. The molecule has 14 nitrogen and oxygen atoms in total. The van der Waals surface area contributed by atoms with Gasteiger partial charge in [0.2, 0.25) is 0 Å². The first kappa shape index (κ1) is 40.3. The molecule has 0 aliphatic carbocycles. The fraction of sp³-hybridized carbons (Fsp3) is 0.143. The number of fused-ring (bicyclic) bond motifs is 8. The predicted octanol–water partition coefficient (Wildman–Crippen LogP) is 9.90. The molecule has 318 valence electrons. The zero-order valence-corrected chi connectivity index (χ0v) is 36.4. The van der Waals surface area contributed by atoms with Gasteiger partial charge < -0.3 is 39.5 Å². The molecule has 0 amide bonds. The summed E-state index contributed by atoms with van der Waals surface area (Å²) in [5.41, 5.74) is 20.8. The fourth-order valence-corrected chi connectivity index (χ4v) is 8.61. The summed E-state index contributed by atoms with van der Waals surface area (Å²) in [6.07, 6.45) is 7.19. The van der Waals surface area contributed by atoms with E-state index in [1.165, 1.54) is 0 Å². The number of nitrogens with two attached hydrogens (primary N) is 2. The quantitative estimate of drug-likeness (QED) is 0.171. The van der Waals surface area contributed by atoms with Crippen LogP contribution in [-0.2, 0) is 20.6 Å². The highest BCUT2D eigenvalue weighted by Crippen LogP contribution is 2.54. The average molecular weight is 916 g/mol. The van der Waals surface area contributed by atoms with Gasteiger partial charge in [-0.2, -0.15) is 0 Å². The molecule has 15 heteroatoms. The van der Waals surface area contributed by atoms with Crippen molar-refractivity contribution in [1.82, 2.24) is 20.3 Å². The Labute approximate surface area is 375 Å². The Bertz CT molecular complexity index is 3100. The Balaban J connectivity index is 0.000000133. The monoisotopic (exact) mass is 914 g/mol. The first-order valence-corrected chi connectivity index (χ1v) is 21.1. The van der Waals surface area contributed by atoms with E-state index in [0.29, 0.717) is 18.1 Å². The molecule has 2 spiro atoms. The summed E-state index contributed by atoms with van der Waals surface area (Å²) < 4.78 is 34.8. The Morgan fingerprint density at radius 2 is 0.984 bits per heavy atom. The van der Waals surface area contributed by atoms with Crippen molar-refractivity contribution in [2.24, 2.45) is 21.5 Å². The molecule has 4 aliphatic heterocycles. The molecule has 4 aromatic heterocycles. The molecule has 8 aromatic rings. The number of benzene rings is 4. The van der Waals surface area contributed by atoms with Gasteiger partial charge in [0.15, 0.2) is 16.8 Å². The van der Waals surface area contributed by atoms with Gasteiger partial charge in [-0.3, -0.25) is 9.97 Å². The number of nitrogens with zero attached hydrogens (tertiary/aromatic N) is 6. The Kier molecular flexibility index (Phi) is 10.2. The largest absolute Gasteiger partial charge is 0.462 e. The van der Waals surface area contributed by atoms with Crippen LogP contribution in [0.2, 0.25) is 0 Å². The number of aryl methyl sites for hydroxylation is 3. The molecule has 0 unspecified atom stereocenters. The lowest BCUT2D eigenvalue weighted by atomic mass is 9.79. The molecule has 0 bridgehead atoms. The first-order chi connectivity index (χ1) is 31.1. The van der Waals surface area contributed by atoms with Crippen LogP contribution >= 0.6 is 15.9 Å². The van der Waals surface area contributed by atoms with Crippen molar-refractivity contribution >= 4 is 28.0 Å². The molecule has 4 aromatic carbocycles. The zero-order chi connectivity index (χ0) is 44.0. The lowest BCUT2D eigenvalue weighted by Crippen LogP contribution is -2.31. The standard InChI is InChI=1S/C24H18N4O3.C20H14BrN3O2.C5H7NO/c1-14-9-22(31-28-14)16-5-7-21-19(11-16)24(13-29-23(25)27-24)18-10-15(4-6-20(18)30-21)17-3-2-8-26-12-17;21-14-4-6-18-16(9-14)20(11-25-19(22)24-20)15-8-12(3-5-17(15)26-18)13-2-1-7-23-10-13;1-4-3-5(2)7-6-4/h2-12H,13H2,1H3,(H2,25,27);1-10H,11H2,(H2,22,24);3H,1-2H3/t24-;20-;/m00./s1. The Morgan fingerprint density at radius 3 is 1.39 bits per heavy atom. The molecule has 2 atom stereocenters. The highest BCUT2D eigenvalue weighted by Gasteiger charge is 2.48. The van der Waals surface area contributed by atoms with Crippen LogP contribution in [0.15, 0.2) is 157 Å². The number of rotatable bonds is 3. The van der Waals surface area contributed by atoms with Gasteiger partial charge in [0.25, 0.3) is 12.0 Å². The summed E-state index contributed by atoms with van der Waals surface area (Å²) in [5.74, 6) is 4.51. The third kappa shape index (κ3) is 7.38. The summed E-state index contributed by atoms with van der Waals surface area (Å²) in [6, 6.07) is 35.9. The second kappa shape index (κ2) is 16.2. The fourth-order valence-electron chi connectivity index (χ4n) is 8.25. The first-order valence-electron chi connectivity index (χ1n) is 20.3. The van der Waals surface area contributed by atoms with Gasteiger partial charge in [-0.1, -0.05) is 50.5 Å². The van der Waals surface area contributed by atoms with E-state index in [-0.39, 0.29) is 18.7 Å². The van der Waals surface area contributed by atoms with Gasteiger partial charge in [-0.25, -0.2) is 9.98 Å². The molecule has 4 aliphatic rings. The SMILES string of the molecule is Cc1cc(-c2ccc3c(c2)[C@]2(COC(N)=N2)c2cc(-c4cccnc4)ccc2O3)on1.Cc1cc(C)on1.NC1=N[C@]2(CO1)c1cc(Br)ccc1Oc1ccc(-c3cccnc3)cc12. The van der Waals surface area contributed by atoms with Crippen LogP contribution in [0.1, 0.15) is 39.4 Å². The molecule has 4 N–H and O–H groups in total. The molecule has 64 heavy (non-hydrogen) atoms. The number of halogens is 1. The third-order valence-corrected chi connectivity index (χ3v) is 11.7. The number of hydrogen-bond acceptors (Lipinski definition) is 14. The Morgan fingerprint density at radius 1 is 0.516 bits per heavy atom. The van der Waals surface area contributed by atoms with Crippen molar-refractivity contribution in [1.29, 1.82) is 0 Å². The predicted molar refractivity (Wildman–Crippen MR) is 243 cm³/mol. The third-order valence-electron chi connectivity index (χ3n) is 11.2. The molecule has 0 saturated carbocycles. The Hall–Kier alpha value is -7.78. The van der Waals surface area contributed by atoms with Crippen molar-refractivity contribution in [3.8, 4) is 56.6 Å². The second-order valence-corrected chi connectivity index (χ2v) is 16.5. The summed E-state index contributed by atoms with van der Waals surface area (Å²) in [6.45, 7) is 6.30. The van der Waals surface area contributed by atoms with E-state index in [2.05, 4.69) is 48.3 Å². The lowest BCUT2D eigenvalue weighted by molar-refractivity contribution is 0.264. The lowest BCUT2D eigenvalue weighted by Gasteiger charge is -2.34. The van der Waals surface area contributed by atoms with E-state index in [1.807, 2.05) is 130 Å². The van der Waals surface area contributed by atoms with Gasteiger partial charge in [0.05, 0.1) is 11.4 Å². The molecular weight excluding hydrogens is 876 g/mol. The number of aromatic nitrogens is 4. The summed E-state index contributed by atoms with van der Waals surface area (Å²) in [5, 5.41) is 7.64. The topological polar surface area (TPSA) is 192 Å². The molecule has 0 fully saturated rings. The van der Waals surface area contributed by atoms with E-state index in [4.69, 9.17) is 49.4 Å². The van der Waals surface area contributed by atoms with Gasteiger partial charge in [-0.15, -0.1) is 0 Å². The van der Waals surface area contributed by atoms with Crippen molar-refractivity contribution < 1.29 is 28.0 Å². The number of hydrogen-bond donors (Lipinski definition) is 2. The van der Waals surface area contributed by atoms with E-state index in [1.54, 1.807) is 12.4 Å². The van der Waals surface area contributed by atoms with Crippen molar-refractivity contribution in [3.63, 3.8) is 0 Å². The van der Waals surface area contributed by atoms with Gasteiger partial charge in [0, 0.05) is 80.3 Å². The minimum atomic E-state index is -0.809. The molecule has 0 radical (unpaired) electrons. The van der Waals surface area contributed by atoms with Crippen LogP contribution in [0.3, 0.4) is 0 Å². The number of pyridine rings is 2. The van der Waals surface area contributed by atoms with Crippen molar-refractivity contribution in [2.75, 3.05) is 13.2 Å². The number of ether oxygens (including phenoxy) is 4. The van der Waals surface area contributed by atoms with Crippen LogP contribution in [0.25, 0.3) is 33.6 Å². The number of amidine groups is 2. The van der Waals surface area contributed by atoms with Crippen molar-refractivity contribution in [3.05, 3.63) is 178 Å². The normalized spacial score (nSPS) is 18.2. The highest BCUT2D eigenvalue weighted by molar-refractivity contribution is 9.10. The highest BCUT2D eigenvalue weighted by atomic mass is 79.9. The van der Waals surface area contributed by atoms with Crippen LogP contribution in [0, 0.1) is 20.8 Å². The van der Waals surface area contributed by atoms with Gasteiger partial charge in [-0.05, 0) is 105 Å². The molecule has 12 rings (SSSR count). The maximum Gasteiger partial charge on any atom is 0.283 e. The minimum absolute atomic E-state index is 0.159. The second-order valence-electron chi connectivity index (χ2n) is 15.6. The molecule has 0 saturated heterocycles. The average Bonchev–Trinajstić information content (AvgIpc) is 4.13. The van der Waals surface area contributed by atoms with E-state index >= 15 is 0 Å². The van der Waals surface area contributed by atoms with Gasteiger partial charge in [0.1, 0.15) is 42.0 Å². The molecular formula is C49H39BrN8O6. The van der Waals surface area contributed by atoms with Crippen LogP contribution < -0.4 is 20.9 Å². The van der Waals surface area contributed by atoms with Gasteiger partial charge >= 0.3 is 0 Å². The van der Waals surface area contributed by atoms with Crippen LogP contribution in [-0.4, -0.2) is 45.5 Å². The maximum absolute atomic E-state index is 6.26. The summed E-state index contributed by atoms with van der Waals surface area (Å²) >= 11 is 3.54. The van der Waals surface area contributed by atoms with E-state index in [0.717, 1.165) is 88.9 Å². The van der Waals surface area contributed by atoms with E-state index < -0.39 is 11.1 Å². The maximum atomic E-state index is 6.26. The summed E-state index contributed by atoms with van der Waals surface area (Å²) in [4.78, 5) is 17.9. The van der Waals surface area contributed by atoms with E-state index in [9.17, 15) is 0 Å².